The molecule has 1 saturated carbocycles. The van der Waals surface area contributed by atoms with Crippen molar-refractivity contribution >= 4 is 16.7 Å². The summed E-state index contributed by atoms with van der Waals surface area (Å²) >= 11 is 0. The first-order valence-electron chi connectivity index (χ1n) is 8.21. The normalized spacial score (nSPS) is 21.9. The Balaban J connectivity index is 1.54. The third-order valence-corrected chi connectivity index (χ3v) is 5.56. The number of aromatic nitrogens is 2. The minimum absolute atomic E-state index is 0.0382. The number of carbonyl (C=O) groups is 1. The lowest BCUT2D eigenvalue weighted by atomic mass is 10.1. The van der Waals surface area contributed by atoms with E-state index < -0.39 is 10.8 Å². The highest BCUT2D eigenvalue weighted by molar-refractivity contribution is 7.84. The summed E-state index contributed by atoms with van der Waals surface area (Å²) in [6.45, 7) is 0.693. The Morgan fingerprint density at radius 1 is 1.25 bits per heavy atom. The van der Waals surface area contributed by atoms with E-state index in [0.717, 1.165) is 30.6 Å². The van der Waals surface area contributed by atoms with E-state index in [1.165, 1.54) is 0 Å². The number of carbonyl (C=O) groups excluding carboxylic acids is 1. The van der Waals surface area contributed by atoms with Gasteiger partial charge in [0.2, 0.25) is 5.89 Å². The van der Waals surface area contributed by atoms with Crippen LogP contribution in [0.25, 0.3) is 0 Å². The second-order valence-corrected chi connectivity index (χ2v) is 7.78. The topological polar surface area (TPSA) is 76.3 Å². The molecule has 7 heteroatoms. The Morgan fingerprint density at radius 3 is 2.67 bits per heavy atom. The van der Waals surface area contributed by atoms with Crippen molar-refractivity contribution in [2.45, 2.75) is 42.5 Å². The summed E-state index contributed by atoms with van der Waals surface area (Å²) in [6.07, 6.45) is 5.63. The summed E-state index contributed by atoms with van der Waals surface area (Å²) in [7, 11) is -1.04. The largest absolute Gasteiger partial charge is 0.339 e. The van der Waals surface area contributed by atoms with Crippen LogP contribution in [0.15, 0.2) is 33.7 Å². The summed E-state index contributed by atoms with van der Waals surface area (Å²) in [4.78, 5) is 19.9. The lowest BCUT2D eigenvalue weighted by Gasteiger charge is -2.22. The van der Waals surface area contributed by atoms with Gasteiger partial charge in [-0.2, -0.15) is 4.98 Å². The summed E-state index contributed by atoms with van der Waals surface area (Å²) in [5.41, 5.74) is 0.599. The smallest absolute Gasteiger partial charge is 0.254 e. The summed E-state index contributed by atoms with van der Waals surface area (Å²) in [6, 6.07) is 6.84. The molecule has 1 aliphatic carbocycles. The molecule has 1 aliphatic heterocycles. The molecule has 0 radical (unpaired) electrons. The minimum Gasteiger partial charge on any atom is -0.339 e. The van der Waals surface area contributed by atoms with E-state index in [0.29, 0.717) is 29.7 Å². The van der Waals surface area contributed by atoms with Gasteiger partial charge in [0, 0.05) is 40.0 Å². The molecule has 1 amide bonds. The molecule has 0 spiro atoms. The molecule has 2 heterocycles. The van der Waals surface area contributed by atoms with Gasteiger partial charge < -0.3 is 9.42 Å². The Morgan fingerprint density at radius 2 is 2.00 bits per heavy atom. The first kappa shape index (κ1) is 15.5. The van der Waals surface area contributed by atoms with Gasteiger partial charge in [-0.05, 0) is 49.9 Å². The van der Waals surface area contributed by atoms with Crippen LogP contribution >= 0.6 is 0 Å². The van der Waals surface area contributed by atoms with Gasteiger partial charge in [-0.3, -0.25) is 9.00 Å². The van der Waals surface area contributed by atoms with Crippen LogP contribution in [0, 0.1) is 0 Å². The average Bonchev–Trinajstić information content (AvgIpc) is 3.12. The molecule has 2 atom stereocenters. The van der Waals surface area contributed by atoms with Crippen LogP contribution in [0.5, 0.6) is 0 Å². The first-order valence-corrected chi connectivity index (χ1v) is 9.77. The molecule has 1 saturated heterocycles. The summed E-state index contributed by atoms with van der Waals surface area (Å²) < 4.78 is 16.8. The summed E-state index contributed by atoms with van der Waals surface area (Å²) in [5, 5.41) is 4.10. The van der Waals surface area contributed by atoms with Gasteiger partial charge in [0.15, 0.2) is 5.82 Å². The van der Waals surface area contributed by atoms with E-state index in [1.54, 1.807) is 30.5 Å². The second kappa shape index (κ2) is 6.12. The Hall–Kier alpha value is -2.02. The van der Waals surface area contributed by atoms with Crippen molar-refractivity contribution in [3.8, 4) is 0 Å². The van der Waals surface area contributed by atoms with Crippen LogP contribution in [0.3, 0.4) is 0 Å². The fraction of sp³-hybridized carbons (Fsp3) is 0.471. The number of nitrogens with zero attached hydrogens (tertiary/aromatic N) is 3. The van der Waals surface area contributed by atoms with E-state index in [1.807, 2.05) is 4.90 Å². The first-order chi connectivity index (χ1) is 11.6. The van der Waals surface area contributed by atoms with Gasteiger partial charge >= 0.3 is 0 Å². The van der Waals surface area contributed by atoms with E-state index >= 15 is 0 Å². The lowest BCUT2D eigenvalue weighted by molar-refractivity contribution is 0.0728. The zero-order chi connectivity index (χ0) is 16.7. The molecular weight excluding hydrogens is 326 g/mol. The Kier molecular flexibility index (Phi) is 3.96. The molecule has 126 valence electrons. The number of hydrogen-bond acceptors (Lipinski definition) is 5. The van der Waals surface area contributed by atoms with Crippen molar-refractivity contribution in [2.24, 2.45) is 0 Å². The van der Waals surface area contributed by atoms with Gasteiger partial charge in [0.05, 0.1) is 6.04 Å². The van der Waals surface area contributed by atoms with E-state index in [9.17, 15) is 9.00 Å². The van der Waals surface area contributed by atoms with Crippen LogP contribution in [-0.2, 0) is 10.8 Å². The summed E-state index contributed by atoms with van der Waals surface area (Å²) in [5.74, 6) is 1.70. The average molecular weight is 345 g/mol. The monoisotopic (exact) mass is 345 g/mol. The second-order valence-electron chi connectivity index (χ2n) is 6.40. The van der Waals surface area contributed by atoms with Crippen molar-refractivity contribution in [1.82, 2.24) is 15.0 Å². The number of rotatable bonds is 4. The maximum Gasteiger partial charge on any atom is 0.254 e. The Labute approximate surface area is 142 Å². The van der Waals surface area contributed by atoms with Gasteiger partial charge in [-0.15, -0.1) is 0 Å². The maximum absolute atomic E-state index is 12.8. The molecule has 1 aromatic heterocycles. The van der Waals surface area contributed by atoms with Crippen LogP contribution in [0.1, 0.15) is 59.7 Å². The molecule has 2 aliphatic rings. The van der Waals surface area contributed by atoms with Gasteiger partial charge in [0.1, 0.15) is 0 Å². The fourth-order valence-corrected chi connectivity index (χ4v) is 3.63. The van der Waals surface area contributed by atoms with Crippen LogP contribution < -0.4 is 0 Å². The number of likely N-dealkylation sites (tertiary alicyclic amines) is 1. The molecule has 1 aromatic carbocycles. The van der Waals surface area contributed by atoms with Crippen LogP contribution in [0.4, 0.5) is 0 Å². The number of benzene rings is 1. The molecule has 2 fully saturated rings. The Bertz CT molecular complexity index is 783. The highest BCUT2D eigenvalue weighted by Crippen LogP contribution is 2.40. The van der Waals surface area contributed by atoms with E-state index in [-0.39, 0.29) is 11.9 Å². The molecule has 0 bridgehead atoms. The predicted octanol–water partition coefficient (Wildman–Crippen LogP) is 2.66. The highest BCUT2D eigenvalue weighted by Gasteiger charge is 2.36. The molecule has 24 heavy (non-hydrogen) atoms. The fourth-order valence-electron chi connectivity index (χ4n) is 3.11. The highest BCUT2D eigenvalue weighted by atomic mass is 32.2. The third-order valence-electron chi connectivity index (χ3n) is 4.63. The maximum atomic E-state index is 12.8. The molecule has 0 N–H and O–H groups in total. The lowest BCUT2D eigenvalue weighted by Crippen LogP contribution is -2.31. The molecular formula is C17H19N3O3S. The van der Waals surface area contributed by atoms with Crippen molar-refractivity contribution in [2.75, 3.05) is 12.8 Å². The van der Waals surface area contributed by atoms with Crippen molar-refractivity contribution in [1.29, 1.82) is 0 Å². The van der Waals surface area contributed by atoms with Crippen molar-refractivity contribution < 1.29 is 13.5 Å². The minimum atomic E-state index is -1.04. The molecule has 0 unspecified atom stereocenters. The molecule has 6 nitrogen and oxygen atoms in total. The molecule has 4 rings (SSSR count). The van der Waals surface area contributed by atoms with Gasteiger partial charge in [-0.25, -0.2) is 0 Å². The van der Waals surface area contributed by atoms with Gasteiger partial charge in [0.25, 0.3) is 5.91 Å². The zero-order valence-corrected chi connectivity index (χ0v) is 14.3. The van der Waals surface area contributed by atoms with Gasteiger partial charge in [-0.1, -0.05) is 5.16 Å². The SMILES string of the molecule is C[S@](=O)c1ccc(C(=O)N2CCC[C@@H]2c2noc(C3CC3)n2)cc1. The van der Waals surface area contributed by atoms with E-state index in [4.69, 9.17) is 4.52 Å². The van der Waals surface area contributed by atoms with Crippen molar-refractivity contribution in [3.63, 3.8) is 0 Å². The zero-order valence-electron chi connectivity index (χ0n) is 13.5. The third kappa shape index (κ3) is 2.88. The number of amides is 1. The quantitative estimate of drug-likeness (QED) is 0.851. The van der Waals surface area contributed by atoms with Crippen LogP contribution in [-0.4, -0.2) is 38.0 Å². The standard InChI is InChI=1S/C17H19N3O3S/c1-24(22)13-8-6-12(7-9-13)17(21)20-10-2-3-14(20)15-18-16(23-19-15)11-4-5-11/h6-9,11,14H,2-5,10H2,1H3/t14-,24+/m1/s1. The molecule has 2 aromatic rings. The predicted molar refractivity (Wildman–Crippen MR) is 88.1 cm³/mol. The van der Waals surface area contributed by atoms with E-state index in [2.05, 4.69) is 10.1 Å². The number of hydrogen-bond donors (Lipinski definition) is 0. The van der Waals surface area contributed by atoms with Crippen LogP contribution in [0.2, 0.25) is 0 Å². The van der Waals surface area contributed by atoms with Crippen molar-refractivity contribution in [3.05, 3.63) is 41.5 Å².